The molecule has 2 heterocycles. The Morgan fingerprint density at radius 2 is 2.33 bits per heavy atom. The Balaban J connectivity index is 1.73. The Bertz CT molecular complexity index is 563. The van der Waals surface area contributed by atoms with Gasteiger partial charge in [-0.15, -0.1) is 0 Å². The van der Waals surface area contributed by atoms with Crippen LogP contribution in [0.25, 0.3) is 0 Å². The van der Waals surface area contributed by atoms with Gasteiger partial charge >= 0.3 is 0 Å². The maximum Gasteiger partial charge on any atom is 0.254 e. The molecule has 0 saturated carbocycles. The number of nitrogens with zero attached hydrogens (tertiary/aromatic N) is 1. The first-order valence-corrected chi connectivity index (χ1v) is 6.79. The van der Waals surface area contributed by atoms with Crippen LogP contribution in [-0.4, -0.2) is 28.3 Å². The van der Waals surface area contributed by atoms with Gasteiger partial charge in [-0.25, -0.2) is 4.98 Å². The predicted molar refractivity (Wildman–Crippen MR) is 75.4 cm³/mol. The highest BCUT2D eigenvalue weighted by Gasteiger charge is 2.14. The third-order valence-electron chi connectivity index (χ3n) is 3.01. The molecule has 21 heavy (non-hydrogen) atoms. The number of nitrogens with one attached hydrogen (secondary N) is 3. The second-order valence-electron chi connectivity index (χ2n) is 4.52. The van der Waals surface area contributed by atoms with Crippen LogP contribution in [0.5, 0.6) is 0 Å². The van der Waals surface area contributed by atoms with Crippen LogP contribution >= 0.6 is 0 Å². The topological polar surface area (TPSA) is 100 Å². The van der Waals surface area contributed by atoms with Gasteiger partial charge in [-0.3, -0.25) is 9.59 Å². The molecule has 112 valence electrons. The van der Waals surface area contributed by atoms with Gasteiger partial charge < -0.3 is 20.0 Å². The molecule has 2 amide bonds. The van der Waals surface area contributed by atoms with Gasteiger partial charge in [0.25, 0.3) is 5.91 Å². The molecule has 3 N–H and O–H groups in total. The minimum Gasteiger partial charge on any atom is -0.472 e. The minimum atomic E-state index is -0.255. The maximum absolute atomic E-state index is 11.9. The van der Waals surface area contributed by atoms with E-state index in [0.717, 1.165) is 12.2 Å². The smallest absolute Gasteiger partial charge is 0.254 e. The molecule has 2 rings (SSSR count). The molecule has 0 aliphatic heterocycles. The van der Waals surface area contributed by atoms with Crippen molar-refractivity contribution in [2.24, 2.45) is 0 Å². The molecule has 1 atom stereocenters. The number of imidazole rings is 1. The van der Waals surface area contributed by atoms with E-state index < -0.39 is 0 Å². The number of aromatic nitrogens is 2. The normalized spacial score (nSPS) is 11.9. The SMILES string of the molecule is CCC(NC(=O)CCNC(=O)c1ccoc1)c1ncc[nH]1. The maximum atomic E-state index is 11.9. The zero-order valence-electron chi connectivity index (χ0n) is 11.8. The highest BCUT2D eigenvalue weighted by Crippen LogP contribution is 2.11. The number of carbonyl (C=O) groups is 2. The first-order valence-electron chi connectivity index (χ1n) is 6.79. The van der Waals surface area contributed by atoms with Gasteiger partial charge in [-0.2, -0.15) is 0 Å². The van der Waals surface area contributed by atoms with E-state index in [9.17, 15) is 9.59 Å². The summed E-state index contributed by atoms with van der Waals surface area (Å²) in [6.45, 7) is 2.23. The largest absolute Gasteiger partial charge is 0.472 e. The second kappa shape index (κ2) is 7.28. The third-order valence-corrected chi connectivity index (χ3v) is 3.01. The van der Waals surface area contributed by atoms with Crippen molar-refractivity contribution in [3.63, 3.8) is 0 Å². The lowest BCUT2D eigenvalue weighted by molar-refractivity contribution is -0.121. The van der Waals surface area contributed by atoms with Gasteiger partial charge in [-0.1, -0.05) is 6.92 Å². The van der Waals surface area contributed by atoms with Crippen molar-refractivity contribution in [2.45, 2.75) is 25.8 Å². The molecule has 0 aliphatic carbocycles. The lowest BCUT2D eigenvalue weighted by Crippen LogP contribution is -2.33. The number of hydrogen-bond donors (Lipinski definition) is 3. The summed E-state index contributed by atoms with van der Waals surface area (Å²) in [6.07, 6.45) is 7.10. The zero-order valence-corrected chi connectivity index (χ0v) is 11.8. The van der Waals surface area contributed by atoms with E-state index in [0.29, 0.717) is 5.56 Å². The molecular weight excluding hydrogens is 272 g/mol. The average Bonchev–Trinajstić information content (AvgIpc) is 3.17. The molecule has 0 saturated heterocycles. The van der Waals surface area contributed by atoms with Crippen LogP contribution in [-0.2, 0) is 4.79 Å². The van der Waals surface area contributed by atoms with Crippen LogP contribution in [0.2, 0.25) is 0 Å². The van der Waals surface area contributed by atoms with Crippen molar-refractivity contribution in [1.29, 1.82) is 0 Å². The van der Waals surface area contributed by atoms with Crippen molar-refractivity contribution >= 4 is 11.8 Å². The molecule has 2 aromatic heterocycles. The van der Waals surface area contributed by atoms with Crippen LogP contribution in [0.3, 0.4) is 0 Å². The van der Waals surface area contributed by atoms with E-state index in [2.05, 4.69) is 20.6 Å². The molecule has 1 unspecified atom stereocenters. The number of amides is 2. The van der Waals surface area contributed by atoms with Crippen LogP contribution < -0.4 is 10.6 Å². The third kappa shape index (κ3) is 4.20. The van der Waals surface area contributed by atoms with Crippen LogP contribution in [0.4, 0.5) is 0 Å². The molecule has 0 aromatic carbocycles. The van der Waals surface area contributed by atoms with Gasteiger partial charge in [0.2, 0.25) is 5.91 Å². The summed E-state index contributed by atoms with van der Waals surface area (Å²) in [5.41, 5.74) is 0.442. The molecule has 7 heteroatoms. The minimum absolute atomic E-state index is 0.134. The lowest BCUT2D eigenvalue weighted by Gasteiger charge is -2.14. The molecule has 0 fully saturated rings. The lowest BCUT2D eigenvalue weighted by atomic mass is 10.2. The van der Waals surface area contributed by atoms with Crippen molar-refractivity contribution in [2.75, 3.05) is 6.54 Å². The standard InChI is InChI=1S/C14H18N4O3/c1-2-11(13-15-6-7-16-13)18-12(19)3-5-17-14(20)10-4-8-21-9-10/h4,6-9,11H,2-3,5H2,1H3,(H,15,16)(H,17,20)(H,18,19). The Hall–Kier alpha value is -2.57. The molecule has 0 spiro atoms. The predicted octanol–water partition coefficient (Wildman–Crippen LogP) is 1.39. The van der Waals surface area contributed by atoms with Crippen molar-refractivity contribution in [3.8, 4) is 0 Å². The summed E-state index contributed by atoms with van der Waals surface area (Å²) >= 11 is 0. The zero-order chi connectivity index (χ0) is 15.1. The van der Waals surface area contributed by atoms with E-state index >= 15 is 0 Å². The van der Waals surface area contributed by atoms with Crippen molar-refractivity contribution in [3.05, 3.63) is 42.4 Å². The van der Waals surface area contributed by atoms with Gasteiger partial charge in [0.05, 0.1) is 17.9 Å². The fourth-order valence-corrected chi connectivity index (χ4v) is 1.88. The quantitative estimate of drug-likeness (QED) is 0.717. The first-order chi connectivity index (χ1) is 10.2. The number of hydrogen-bond acceptors (Lipinski definition) is 4. The Morgan fingerprint density at radius 3 is 2.95 bits per heavy atom. The molecule has 2 aromatic rings. The monoisotopic (exact) mass is 290 g/mol. The van der Waals surface area contributed by atoms with E-state index in [1.807, 2.05) is 6.92 Å². The van der Waals surface area contributed by atoms with Gasteiger partial charge in [0.15, 0.2) is 0 Å². The number of rotatable bonds is 7. The fraction of sp³-hybridized carbons (Fsp3) is 0.357. The summed E-state index contributed by atoms with van der Waals surface area (Å²) in [6, 6.07) is 1.43. The number of furan rings is 1. The van der Waals surface area contributed by atoms with E-state index in [4.69, 9.17) is 4.42 Å². The Labute approximate surface area is 122 Å². The Kier molecular flexibility index (Phi) is 5.14. The van der Waals surface area contributed by atoms with E-state index in [-0.39, 0.29) is 30.8 Å². The van der Waals surface area contributed by atoms with Gasteiger partial charge in [0, 0.05) is 25.4 Å². The highest BCUT2D eigenvalue weighted by molar-refractivity contribution is 5.94. The van der Waals surface area contributed by atoms with Crippen LogP contribution in [0.15, 0.2) is 35.4 Å². The van der Waals surface area contributed by atoms with Crippen LogP contribution in [0, 0.1) is 0 Å². The summed E-state index contributed by atoms with van der Waals surface area (Å²) in [5, 5.41) is 5.53. The summed E-state index contributed by atoms with van der Waals surface area (Å²) in [4.78, 5) is 30.6. The fourth-order valence-electron chi connectivity index (χ4n) is 1.88. The highest BCUT2D eigenvalue weighted by atomic mass is 16.3. The second-order valence-corrected chi connectivity index (χ2v) is 4.52. The van der Waals surface area contributed by atoms with E-state index in [1.165, 1.54) is 12.5 Å². The average molecular weight is 290 g/mol. The molecular formula is C14H18N4O3. The van der Waals surface area contributed by atoms with Gasteiger partial charge in [-0.05, 0) is 12.5 Å². The molecule has 7 nitrogen and oxygen atoms in total. The Morgan fingerprint density at radius 1 is 1.48 bits per heavy atom. The molecule has 0 bridgehead atoms. The van der Waals surface area contributed by atoms with Crippen molar-refractivity contribution < 1.29 is 14.0 Å². The first kappa shape index (κ1) is 14.8. The summed E-state index contributed by atoms with van der Waals surface area (Å²) in [7, 11) is 0. The van der Waals surface area contributed by atoms with Gasteiger partial charge in [0.1, 0.15) is 12.1 Å². The molecule has 0 aliphatic rings. The number of aromatic amines is 1. The number of carbonyl (C=O) groups excluding carboxylic acids is 2. The number of H-pyrrole nitrogens is 1. The molecule has 0 radical (unpaired) electrons. The summed E-state index contributed by atoms with van der Waals surface area (Å²) < 4.78 is 4.82. The van der Waals surface area contributed by atoms with Crippen molar-refractivity contribution in [1.82, 2.24) is 20.6 Å². The summed E-state index contributed by atoms with van der Waals surface area (Å²) in [5.74, 6) is 0.341. The van der Waals surface area contributed by atoms with Crippen LogP contribution in [0.1, 0.15) is 42.0 Å². The van der Waals surface area contributed by atoms with E-state index in [1.54, 1.807) is 18.5 Å².